The number of ether oxygens (including phenoxy) is 4. The molecule has 0 saturated heterocycles. The third-order valence-electron chi connectivity index (χ3n) is 6.26. The Labute approximate surface area is 223 Å². The number of carbonyl (C=O) groups is 2. The van der Waals surface area contributed by atoms with Crippen LogP contribution in [0.2, 0.25) is 0 Å². The molecule has 2 atom stereocenters. The zero-order chi connectivity index (χ0) is 28.2. The molecule has 0 saturated carbocycles. The molecule has 11 heteroatoms. The van der Waals surface area contributed by atoms with Gasteiger partial charge in [0.05, 0.1) is 17.1 Å². The van der Waals surface area contributed by atoms with Crippen molar-refractivity contribution in [2.24, 2.45) is 10.9 Å². The summed E-state index contributed by atoms with van der Waals surface area (Å²) in [6.07, 6.45) is -1.000. The number of rotatable bonds is 15. The topological polar surface area (TPSA) is 130 Å². The van der Waals surface area contributed by atoms with Crippen molar-refractivity contribution in [3.05, 3.63) is 51.2 Å². The molecular formula is C27H39N3O8. The van der Waals surface area contributed by atoms with Gasteiger partial charge in [0.25, 0.3) is 5.69 Å². The van der Waals surface area contributed by atoms with E-state index in [9.17, 15) is 19.7 Å². The zero-order valence-electron chi connectivity index (χ0n) is 23.1. The summed E-state index contributed by atoms with van der Waals surface area (Å²) in [6.45, 7) is 13.9. The van der Waals surface area contributed by atoms with Gasteiger partial charge in [0.15, 0.2) is 0 Å². The van der Waals surface area contributed by atoms with Crippen LogP contribution in [0, 0.1) is 16.0 Å². The summed E-state index contributed by atoms with van der Waals surface area (Å²) in [5.74, 6) is -3.27. The molecule has 0 fully saturated rings. The molecule has 38 heavy (non-hydrogen) atoms. The van der Waals surface area contributed by atoms with Gasteiger partial charge in [-0.25, -0.2) is 4.79 Å². The Kier molecular flexibility index (Phi) is 12.5. The molecule has 0 amide bonds. The fraction of sp³-hybridized carbons (Fsp3) is 0.593. The monoisotopic (exact) mass is 533 g/mol. The number of hydrogen-bond donors (Lipinski definition) is 0. The molecule has 2 unspecified atom stereocenters. The zero-order valence-corrected chi connectivity index (χ0v) is 23.1. The molecule has 11 nitrogen and oxygen atoms in total. The van der Waals surface area contributed by atoms with Crippen molar-refractivity contribution in [3.63, 3.8) is 0 Å². The van der Waals surface area contributed by atoms with E-state index in [0.29, 0.717) is 17.8 Å². The minimum atomic E-state index is -1.01. The van der Waals surface area contributed by atoms with Crippen LogP contribution in [0.4, 0.5) is 5.69 Å². The number of likely N-dealkylation sites (N-methyl/N-ethyl adjacent to an activating group) is 1. The van der Waals surface area contributed by atoms with E-state index in [1.807, 2.05) is 13.8 Å². The molecule has 0 N–H and O–H groups in total. The Morgan fingerprint density at radius 1 is 1.05 bits per heavy atom. The molecule has 1 aliphatic rings. The molecular weight excluding hydrogens is 494 g/mol. The average molecular weight is 534 g/mol. The van der Waals surface area contributed by atoms with Gasteiger partial charge in [-0.2, -0.15) is 0 Å². The normalized spacial score (nSPS) is 17.5. The van der Waals surface area contributed by atoms with Crippen molar-refractivity contribution in [2.45, 2.75) is 53.8 Å². The second-order valence-electron chi connectivity index (χ2n) is 8.52. The summed E-state index contributed by atoms with van der Waals surface area (Å²) >= 11 is 0. The number of carbonyl (C=O) groups excluding carboxylic acids is 2. The Balaban J connectivity index is 2.69. The first-order valence-electron chi connectivity index (χ1n) is 13.1. The molecule has 1 aliphatic heterocycles. The van der Waals surface area contributed by atoms with E-state index in [4.69, 9.17) is 18.9 Å². The van der Waals surface area contributed by atoms with Gasteiger partial charge < -0.3 is 23.8 Å². The number of non-ortho nitro benzene ring substituents is 1. The summed E-state index contributed by atoms with van der Waals surface area (Å²) in [5.41, 5.74) is 0.810. The highest BCUT2D eigenvalue weighted by Crippen LogP contribution is 2.42. The van der Waals surface area contributed by atoms with Crippen molar-refractivity contribution in [1.29, 1.82) is 0 Å². The lowest BCUT2D eigenvalue weighted by molar-refractivity contribution is -0.384. The van der Waals surface area contributed by atoms with Crippen molar-refractivity contribution in [3.8, 4) is 0 Å². The van der Waals surface area contributed by atoms with Gasteiger partial charge in [-0.05, 0) is 46.3 Å². The first kappa shape index (κ1) is 31.1. The Morgan fingerprint density at radius 2 is 1.71 bits per heavy atom. The largest absolute Gasteiger partial charge is 0.464 e. The predicted molar refractivity (Wildman–Crippen MR) is 142 cm³/mol. The van der Waals surface area contributed by atoms with E-state index in [0.717, 1.165) is 13.1 Å². The standard InChI is InChI=1S/C27H39N3O8/c1-7-29(8-2)15-16-38-25(31)21-18(6)28-24(27(36-10-4)37-11-5)23(26(32)35-9-3)22(21)19-13-12-14-20(17-19)30(33)34/h12-14,17,21-22,27H,7-11,15-16H2,1-6H3. The first-order chi connectivity index (χ1) is 18.2. The molecule has 0 bridgehead atoms. The maximum atomic E-state index is 13.5. The fourth-order valence-corrected chi connectivity index (χ4v) is 4.42. The Hall–Kier alpha value is -3.15. The smallest absolute Gasteiger partial charge is 0.336 e. The van der Waals surface area contributed by atoms with Crippen LogP contribution in [0.5, 0.6) is 0 Å². The first-order valence-corrected chi connectivity index (χ1v) is 13.1. The van der Waals surface area contributed by atoms with Crippen molar-refractivity contribution in [1.82, 2.24) is 4.90 Å². The van der Waals surface area contributed by atoms with E-state index < -0.39 is 35.0 Å². The maximum absolute atomic E-state index is 13.5. The van der Waals surface area contributed by atoms with Crippen LogP contribution in [-0.4, -0.2) is 79.8 Å². The lowest BCUT2D eigenvalue weighted by Crippen LogP contribution is -2.40. The summed E-state index contributed by atoms with van der Waals surface area (Å²) in [7, 11) is 0. The molecule has 0 aromatic heterocycles. The van der Waals surface area contributed by atoms with E-state index >= 15 is 0 Å². The van der Waals surface area contributed by atoms with Crippen molar-refractivity contribution < 1.29 is 33.5 Å². The number of nitro groups is 1. The van der Waals surface area contributed by atoms with Gasteiger partial charge in [0, 0.05) is 43.5 Å². The highest BCUT2D eigenvalue weighted by molar-refractivity contribution is 6.07. The van der Waals surface area contributed by atoms with Crippen LogP contribution in [-0.2, 0) is 28.5 Å². The van der Waals surface area contributed by atoms with Crippen LogP contribution in [0.25, 0.3) is 0 Å². The minimum absolute atomic E-state index is 0.0514. The summed E-state index contributed by atoms with van der Waals surface area (Å²) in [6, 6.07) is 5.86. The van der Waals surface area contributed by atoms with Crippen LogP contribution in [0.3, 0.4) is 0 Å². The maximum Gasteiger partial charge on any atom is 0.336 e. The highest BCUT2D eigenvalue weighted by atomic mass is 16.7. The van der Waals surface area contributed by atoms with E-state index in [1.54, 1.807) is 33.8 Å². The van der Waals surface area contributed by atoms with E-state index in [-0.39, 0.29) is 43.4 Å². The third-order valence-corrected chi connectivity index (χ3v) is 6.26. The lowest BCUT2D eigenvalue weighted by Gasteiger charge is -2.34. The van der Waals surface area contributed by atoms with Crippen LogP contribution >= 0.6 is 0 Å². The number of nitrogens with zero attached hydrogens (tertiary/aromatic N) is 3. The molecule has 210 valence electrons. The number of esters is 2. The quantitative estimate of drug-likeness (QED) is 0.143. The second kappa shape index (κ2) is 15.3. The summed E-state index contributed by atoms with van der Waals surface area (Å²) in [5, 5.41) is 11.6. The molecule has 0 aliphatic carbocycles. The SMILES string of the molecule is CCOC(=O)C1=C(C(OCC)OCC)N=C(C)C(C(=O)OCCN(CC)CC)C1c1cccc([N+](=O)[O-])c1. The molecule has 1 aromatic rings. The van der Waals surface area contributed by atoms with Gasteiger partial charge in [0.1, 0.15) is 18.2 Å². The van der Waals surface area contributed by atoms with Crippen molar-refractivity contribution >= 4 is 23.3 Å². The summed E-state index contributed by atoms with van der Waals surface area (Å²) in [4.78, 5) is 44.7. The van der Waals surface area contributed by atoms with Gasteiger partial charge in [0.2, 0.25) is 6.29 Å². The second-order valence-corrected chi connectivity index (χ2v) is 8.52. The van der Waals surface area contributed by atoms with Crippen LogP contribution < -0.4 is 0 Å². The highest BCUT2D eigenvalue weighted by Gasteiger charge is 2.45. The molecule has 1 heterocycles. The average Bonchev–Trinajstić information content (AvgIpc) is 2.90. The third kappa shape index (κ3) is 7.68. The number of benzene rings is 1. The van der Waals surface area contributed by atoms with Crippen molar-refractivity contribution in [2.75, 3.05) is 46.1 Å². The van der Waals surface area contributed by atoms with Gasteiger partial charge in [-0.1, -0.05) is 26.0 Å². The van der Waals surface area contributed by atoms with Crippen LogP contribution in [0.15, 0.2) is 40.5 Å². The minimum Gasteiger partial charge on any atom is -0.464 e. The predicted octanol–water partition coefficient (Wildman–Crippen LogP) is 3.87. The fourth-order valence-electron chi connectivity index (χ4n) is 4.42. The summed E-state index contributed by atoms with van der Waals surface area (Å²) < 4.78 is 22.6. The Morgan fingerprint density at radius 3 is 2.26 bits per heavy atom. The number of nitro benzene ring substituents is 1. The molecule has 0 spiro atoms. The van der Waals surface area contributed by atoms with E-state index in [2.05, 4.69) is 9.89 Å². The van der Waals surface area contributed by atoms with Gasteiger partial charge in [-0.3, -0.25) is 19.9 Å². The lowest BCUT2D eigenvalue weighted by atomic mass is 9.75. The van der Waals surface area contributed by atoms with E-state index in [1.165, 1.54) is 18.2 Å². The Bertz CT molecular complexity index is 1030. The number of hydrogen-bond acceptors (Lipinski definition) is 10. The molecule has 1 aromatic carbocycles. The molecule has 0 radical (unpaired) electrons. The van der Waals surface area contributed by atoms with Gasteiger partial charge in [-0.15, -0.1) is 0 Å². The molecule has 2 rings (SSSR count). The van der Waals surface area contributed by atoms with Gasteiger partial charge >= 0.3 is 11.9 Å². The van der Waals surface area contributed by atoms with Crippen LogP contribution in [0.1, 0.15) is 53.0 Å². The number of aliphatic imine (C=N–C) groups is 1.